The average Bonchev–Trinajstić information content (AvgIpc) is 3.42. The van der Waals surface area contributed by atoms with Crippen molar-refractivity contribution in [1.29, 1.82) is 0 Å². The van der Waals surface area contributed by atoms with Crippen molar-refractivity contribution in [3.05, 3.63) is 48.6 Å². The Kier molecular flexibility index (Phi) is 62.6. The van der Waals surface area contributed by atoms with Crippen molar-refractivity contribution in [3.63, 3.8) is 0 Å². The van der Waals surface area contributed by atoms with Crippen molar-refractivity contribution in [2.24, 2.45) is 0 Å². The molecule has 0 aliphatic heterocycles. The highest BCUT2D eigenvalue weighted by molar-refractivity contribution is 5.71. The summed E-state index contributed by atoms with van der Waals surface area (Å²) in [5.41, 5.74) is 0. The van der Waals surface area contributed by atoms with Crippen LogP contribution in [-0.4, -0.2) is 37.2 Å². The number of hydrogen-bond acceptors (Lipinski definition) is 6. The molecule has 0 radical (unpaired) electrons. The van der Waals surface area contributed by atoms with E-state index in [2.05, 4.69) is 69.4 Å². The predicted octanol–water partition coefficient (Wildman–Crippen LogP) is 22.9. The second kappa shape index (κ2) is 64.9. The monoisotopic (exact) mass is 1060 g/mol. The van der Waals surface area contributed by atoms with Crippen molar-refractivity contribution in [1.82, 2.24) is 0 Å². The van der Waals surface area contributed by atoms with Crippen molar-refractivity contribution < 1.29 is 28.6 Å². The molecular formula is C70H128O6. The van der Waals surface area contributed by atoms with E-state index < -0.39 is 6.10 Å². The lowest BCUT2D eigenvalue weighted by Crippen LogP contribution is -2.30. The van der Waals surface area contributed by atoms with Crippen molar-refractivity contribution >= 4 is 17.9 Å². The summed E-state index contributed by atoms with van der Waals surface area (Å²) in [6.07, 6.45) is 81.4. The number of ether oxygens (including phenoxy) is 3. The minimum Gasteiger partial charge on any atom is -0.462 e. The van der Waals surface area contributed by atoms with Gasteiger partial charge in [-0.05, 0) is 83.5 Å². The zero-order valence-electron chi connectivity index (χ0n) is 51.0. The molecule has 6 heteroatoms. The third-order valence-corrected chi connectivity index (χ3v) is 15.1. The SMILES string of the molecule is CCCCCCC/C=C\C/C=C\C/C=C\CCCCCCCCCCCCCCCCCCC(=O)OCC(COC(=O)CCCCCCCCCCCC)OC(=O)CCCCCCCCC/C=C\CCCCCCCC. The van der Waals surface area contributed by atoms with E-state index in [-0.39, 0.29) is 31.1 Å². The number of allylic oxidation sites excluding steroid dienone is 8. The van der Waals surface area contributed by atoms with Crippen LogP contribution in [0.4, 0.5) is 0 Å². The lowest BCUT2D eigenvalue weighted by Gasteiger charge is -2.18. The van der Waals surface area contributed by atoms with Gasteiger partial charge in [-0.15, -0.1) is 0 Å². The van der Waals surface area contributed by atoms with Gasteiger partial charge in [0.25, 0.3) is 0 Å². The van der Waals surface area contributed by atoms with Gasteiger partial charge in [0.2, 0.25) is 0 Å². The van der Waals surface area contributed by atoms with Gasteiger partial charge in [-0.25, -0.2) is 0 Å². The zero-order valence-corrected chi connectivity index (χ0v) is 51.0. The van der Waals surface area contributed by atoms with Gasteiger partial charge in [-0.2, -0.15) is 0 Å². The van der Waals surface area contributed by atoms with Crippen LogP contribution in [0.5, 0.6) is 0 Å². The predicted molar refractivity (Wildman–Crippen MR) is 330 cm³/mol. The topological polar surface area (TPSA) is 78.9 Å². The van der Waals surface area contributed by atoms with E-state index in [1.165, 1.54) is 250 Å². The molecule has 6 nitrogen and oxygen atoms in total. The van der Waals surface area contributed by atoms with Gasteiger partial charge >= 0.3 is 17.9 Å². The van der Waals surface area contributed by atoms with Crippen LogP contribution in [-0.2, 0) is 28.6 Å². The molecule has 76 heavy (non-hydrogen) atoms. The molecule has 0 amide bonds. The number of unbranched alkanes of at least 4 members (excludes halogenated alkanes) is 43. The highest BCUT2D eigenvalue weighted by Crippen LogP contribution is 2.17. The summed E-state index contributed by atoms with van der Waals surface area (Å²) >= 11 is 0. The number of esters is 3. The summed E-state index contributed by atoms with van der Waals surface area (Å²) in [5, 5.41) is 0. The minimum absolute atomic E-state index is 0.0700. The van der Waals surface area contributed by atoms with E-state index >= 15 is 0 Å². The summed E-state index contributed by atoms with van der Waals surface area (Å²) in [5.74, 6) is -0.855. The summed E-state index contributed by atoms with van der Waals surface area (Å²) in [6.45, 7) is 6.66. The number of hydrogen-bond donors (Lipinski definition) is 0. The fourth-order valence-electron chi connectivity index (χ4n) is 9.98. The molecule has 0 aromatic rings. The number of rotatable bonds is 62. The van der Waals surface area contributed by atoms with Crippen molar-refractivity contribution in [3.8, 4) is 0 Å². The van der Waals surface area contributed by atoms with E-state index in [1.54, 1.807) is 0 Å². The normalized spacial score (nSPS) is 12.3. The molecule has 1 unspecified atom stereocenters. The molecular weight excluding hydrogens is 937 g/mol. The fraction of sp³-hybridized carbons (Fsp3) is 0.843. The second-order valence-corrected chi connectivity index (χ2v) is 22.7. The first kappa shape index (κ1) is 73.4. The molecule has 0 saturated carbocycles. The van der Waals surface area contributed by atoms with Crippen molar-refractivity contribution in [2.75, 3.05) is 13.2 Å². The van der Waals surface area contributed by atoms with Gasteiger partial charge < -0.3 is 14.2 Å². The minimum atomic E-state index is -0.772. The summed E-state index contributed by atoms with van der Waals surface area (Å²) in [7, 11) is 0. The third-order valence-electron chi connectivity index (χ3n) is 15.1. The molecule has 0 heterocycles. The Hall–Kier alpha value is -2.63. The maximum atomic E-state index is 12.9. The highest BCUT2D eigenvalue weighted by atomic mass is 16.6. The maximum Gasteiger partial charge on any atom is 0.306 e. The van der Waals surface area contributed by atoms with Crippen LogP contribution < -0.4 is 0 Å². The molecule has 0 rings (SSSR count). The van der Waals surface area contributed by atoms with Gasteiger partial charge in [0, 0.05) is 19.3 Å². The quantitative estimate of drug-likeness (QED) is 0.0261. The van der Waals surface area contributed by atoms with E-state index in [4.69, 9.17) is 14.2 Å². The van der Waals surface area contributed by atoms with Gasteiger partial charge in [-0.3, -0.25) is 14.4 Å². The summed E-state index contributed by atoms with van der Waals surface area (Å²) in [4.78, 5) is 38.2. The largest absolute Gasteiger partial charge is 0.462 e. The van der Waals surface area contributed by atoms with Crippen LogP contribution in [0.3, 0.4) is 0 Å². The Morgan fingerprint density at radius 3 is 0.750 bits per heavy atom. The molecule has 0 fully saturated rings. The van der Waals surface area contributed by atoms with Gasteiger partial charge in [-0.1, -0.05) is 307 Å². The maximum absolute atomic E-state index is 12.9. The van der Waals surface area contributed by atoms with E-state index in [0.29, 0.717) is 19.3 Å². The number of carbonyl (C=O) groups excluding carboxylic acids is 3. The first-order chi connectivity index (χ1) is 37.5. The highest BCUT2D eigenvalue weighted by Gasteiger charge is 2.19. The average molecular weight is 1070 g/mol. The van der Waals surface area contributed by atoms with E-state index in [9.17, 15) is 14.4 Å². The van der Waals surface area contributed by atoms with Crippen LogP contribution in [0.2, 0.25) is 0 Å². The lowest BCUT2D eigenvalue weighted by molar-refractivity contribution is -0.167. The smallest absolute Gasteiger partial charge is 0.306 e. The van der Waals surface area contributed by atoms with Gasteiger partial charge in [0.15, 0.2) is 6.10 Å². The zero-order chi connectivity index (χ0) is 55.0. The van der Waals surface area contributed by atoms with Crippen molar-refractivity contribution in [2.45, 2.75) is 367 Å². The van der Waals surface area contributed by atoms with Crippen LogP contribution in [0.1, 0.15) is 361 Å². The molecule has 0 saturated heterocycles. The fourth-order valence-corrected chi connectivity index (χ4v) is 9.98. The van der Waals surface area contributed by atoms with Crippen LogP contribution in [0.15, 0.2) is 48.6 Å². The molecule has 0 aliphatic carbocycles. The Morgan fingerprint density at radius 2 is 0.474 bits per heavy atom. The van der Waals surface area contributed by atoms with Crippen LogP contribution in [0, 0.1) is 0 Å². The molecule has 0 bridgehead atoms. The first-order valence-electron chi connectivity index (χ1n) is 33.6. The van der Waals surface area contributed by atoms with Gasteiger partial charge in [0.1, 0.15) is 13.2 Å². The van der Waals surface area contributed by atoms with E-state index in [1.807, 2.05) is 0 Å². The first-order valence-corrected chi connectivity index (χ1v) is 33.6. The second-order valence-electron chi connectivity index (χ2n) is 22.7. The van der Waals surface area contributed by atoms with E-state index in [0.717, 1.165) is 70.6 Å². The molecule has 444 valence electrons. The van der Waals surface area contributed by atoms with Crippen LogP contribution >= 0.6 is 0 Å². The molecule has 1 atom stereocenters. The molecule has 0 aliphatic rings. The molecule has 0 aromatic heterocycles. The molecule has 0 N–H and O–H groups in total. The molecule has 0 spiro atoms. The Labute approximate surface area is 473 Å². The number of carbonyl (C=O) groups is 3. The lowest BCUT2D eigenvalue weighted by atomic mass is 10.0. The summed E-state index contributed by atoms with van der Waals surface area (Å²) in [6, 6.07) is 0. The standard InChI is InChI=1S/C70H128O6/c1-4-7-10-13-16-19-22-24-26-28-29-30-31-32-33-34-35-36-37-38-39-40-41-43-44-46-48-51-54-57-60-63-69(72)75-66-67(65-74-68(71)62-59-56-53-50-21-18-15-12-9-6-3)76-70(73)64-61-58-55-52-49-47-45-42-27-25-23-20-17-14-11-8-5-2/h22,24-25,27-29,31-32,67H,4-21,23,26,30,33-66H2,1-3H3/b24-22-,27-25-,29-28-,32-31-. The van der Waals surface area contributed by atoms with Crippen LogP contribution in [0.25, 0.3) is 0 Å². The molecule has 0 aromatic carbocycles. The Bertz CT molecular complexity index is 1310. The third kappa shape index (κ3) is 62.2. The Morgan fingerprint density at radius 1 is 0.263 bits per heavy atom. The summed E-state index contributed by atoms with van der Waals surface area (Å²) < 4.78 is 16.9. The Balaban J connectivity index is 4.11. The van der Waals surface area contributed by atoms with Gasteiger partial charge in [0.05, 0.1) is 0 Å².